The maximum atomic E-state index is 13.8. The average molecular weight is 469 g/mol. The maximum Gasteiger partial charge on any atom is 0.243 e. The fourth-order valence-corrected chi connectivity index (χ4v) is 4.97. The van der Waals surface area contributed by atoms with E-state index in [4.69, 9.17) is 16.1 Å². The molecule has 164 valence electrons. The molecule has 31 heavy (non-hydrogen) atoms. The molecule has 0 aliphatic carbocycles. The number of nitrogens with zero attached hydrogens (tertiary/aromatic N) is 4. The van der Waals surface area contributed by atoms with Crippen LogP contribution in [0.4, 0.5) is 8.78 Å². The molecule has 11 heteroatoms. The summed E-state index contributed by atoms with van der Waals surface area (Å²) in [5.41, 5.74) is 1.05. The number of piperazine rings is 1. The molecular weight excluding hydrogens is 450 g/mol. The number of sulfonamides is 1. The summed E-state index contributed by atoms with van der Waals surface area (Å²) in [6, 6.07) is 8.09. The number of hydrogen-bond acceptors (Lipinski definition) is 6. The molecule has 0 radical (unpaired) electrons. The lowest BCUT2D eigenvalue weighted by atomic mass is 10.1. The minimum atomic E-state index is -3.77. The molecule has 1 aromatic heterocycles. The molecule has 0 N–H and O–H groups in total. The molecule has 1 saturated heterocycles. The average Bonchev–Trinajstić information content (AvgIpc) is 3.21. The smallest absolute Gasteiger partial charge is 0.243 e. The van der Waals surface area contributed by atoms with Crippen molar-refractivity contribution in [3.05, 3.63) is 64.5 Å². The van der Waals surface area contributed by atoms with Crippen molar-refractivity contribution in [2.75, 3.05) is 26.2 Å². The Morgan fingerprint density at radius 1 is 1.06 bits per heavy atom. The molecule has 1 aliphatic rings. The first-order chi connectivity index (χ1) is 14.7. The zero-order valence-electron chi connectivity index (χ0n) is 16.6. The summed E-state index contributed by atoms with van der Waals surface area (Å²) in [6.45, 7) is 3.42. The molecule has 0 spiro atoms. The lowest BCUT2D eigenvalue weighted by Gasteiger charge is -2.33. The van der Waals surface area contributed by atoms with E-state index in [0.29, 0.717) is 42.5 Å². The Hall–Kier alpha value is -2.40. The molecular formula is C20H19ClF2N4O3S. The zero-order chi connectivity index (χ0) is 22.2. The first-order valence-corrected chi connectivity index (χ1v) is 11.3. The number of rotatable bonds is 5. The van der Waals surface area contributed by atoms with Crippen molar-refractivity contribution in [3.63, 3.8) is 0 Å². The molecule has 1 fully saturated rings. The monoisotopic (exact) mass is 468 g/mol. The third-order valence-corrected chi connectivity index (χ3v) is 7.30. The van der Waals surface area contributed by atoms with Gasteiger partial charge >= 0.3 is 0 Å². The Bertz CT molecular complexity index is 1210. The molecule has 0 bridgehead atoms. The molecule has 1 aliphatic heterocycles. The Balaban J connectivity index is 1.39. The summed E-state index contributed by atoms with van der Waals surface area (Å²) < 4.78 is 59.3. The quantitative estimate of drug-likeness (QED) is 0.570. The van der Waals surface area contributed by atoms with Gasteiger partial charge in [-0.25, -0.2) is 17.2 Å². The lowest BCUT2D eigenvalue weighted by Crippen LogP contribution is -2.48. The van der Waals surface area contributed by atoms with Crippen LogP contribution in [0.3, 0.4) is 0 Å². The van der Waals surface area contributed by atoms with Gasteiger partial charge in [0, 0.05) is 31.7 Å². The van der Waals surface area contributed by atoms with Crippen LogP contribution < -0.4 is 0 Å². The zero-order valence-corrected chi connectivity index (χ0v) is 18.1. The van der Waals surface area contributed by atoms with E-state index in [-0.39, 0.29) is 28.8 Å². The van der Waals surface area contributed by atoms with Gasteiger partial charge in [-0.15, -0.1) is 0 Å². The van der Waals surface area contributed by atoms with Gasteiger partial charge in [-0.05, 0) is 36.8 Å². The van der Waals surface area contributed by atoms with Gasteiger partial charge in [0.15, 0.2) is 0 Å². The number of aromatic nitrogens is 2. The van der Waals surface area contributed by atoms with Crippen LogP contribution in [0.5, 0.6) is 0 Å². The highest BCUT2D eigenvalue weighted by molar-refractivity contribution is 7.89. The highest BCUT2D eigenvalue weighted by atomic mass is 35.5. The summed E-state index contributed by atoms with van der Waals surface area (Å²) >= 11 is 5.72. The van der Waals surface area contributed by atoms with Gasteiger partial charge in [0.05, 0.1) is 16.5 Å². The van der Waals surface area contributed by atoms with E-state index >= 15 is 0 Å². The van der Waals surface area contributed by atoms with Crippen LogP contribution in [0.1, 0.15) is 11.5 Å². The first kappa shape index (κ1) is 21.8. The van der Waals surface area contributed by atoms with Crippen molar-refractivity contribution in [2.45, 2.75) is 18.4 Å². The topological polar surface area (TPSA) is 79.5 Å². The largest absolute Gasteiger partial charge is 0.338 e. The molecule has 2 heterocycles. The summed E-state index contributed by atoms with van der Waals surface area (Å²) in [7, 11) is -3.77. The second kappa shape index (κ2) is 8.62. The molecule has 2 aromatic carbocycles. The van der Waals surface area contributed by atoms with Crippen molar-refractivity contribution in [2.24, 2.45) is 0 Å². The number of halogens is 3. The van der Waals surface area contributed by atoms with Crippen LogP contribution in [0, 0.1) is 18.6 Å². The van der Waals surface area contributed by atoms with Gasteiger partial charge in [-0.3, -0.25) is 4.90 Å². The van der Waals surface area contributed by atoms with E-state index in [1.807, 2.05) is 4.90 Å². The summed E-state index contributed by atoms with van der Waals surface area (Å²) in [5, 5.41) is 3.67. The number of aryl methyl sites for hydroxylation is 1. The van der Waals surface area contributed by atoms with Gasteiger partial charge in [0.1, 0.15) is 11.6 Å². The van der Waals surface area contributed by atoms with Gasteiger partial charge in [0.2, 0.25) is 21.7 Å². The van der Waals surface area contributed by atoms with Crippen molar-refractivity contribution in [1.29, 1.82) is 0 Å². The number of benzene rings is 2. The maximum absolute atomic E-state index is 13.8. The van der Waals surface area contributed by atoms with Crippen LogP contribution in [-0.4, -0.2) is 53.9 Å². The minimum absolute atomic E-state index is 0.0424. The summed E-state index contributed by atoms with van der Waals surface area (Å²) in [4.78, 5) is 6.25. The van der Waals surface area contributed by atoms with E-state index in [0.717, 1.165) is 12.1 Å². The Kier molecular flexibility index (Phi) is 6.07. The van der Waals surface area contributed by atoms with Crippen molar-refractivity contribution >= 4 is 21.6 Å². The minimum Gasteiger partial charge on any atom is -0.338 e. The highest BCUT2D eigenvalue weighted by Crippen LogP contribution is 2.24. The van der Waals surface area contributed by atoms with E-state index in [1.165, 1.54) is 16.4 Å². The van der Waals surface area contributed by atoms with E-state index < -0.39 is 15.8 Å². The van der Waals surface area contributed by atoms with Crippen LogP contribution in [-0.2, 0) is 16.6 Å². The second-order valence-electron chi connectivity index (χ2n) is 7.23. The Morgan fingerprint density at radius 2 is 1.81 bits per heavy atom. The fourth-order valence-electron chi connectivity index (χ4n) is 3.27. The third-order valence-electron chi connectivity index (χ3n) is 5.12. The summed E-state index contributed by atoms with van der Waals surface area (Å²) in [5.74, 6) is -0.359. The molecule has 0 atom stereocenters. The van der Waals surface area contributed by atoms with E-state index in [2.05, 4.69) is 10.1 Å². The van der Waals surface area contributed by atoms with Crippen molar-refractivity contribution < 1.29 is 21.7 Å². The predicted molar refractivity (Wildman–Crippen MR) is 110 cm³/mol. The van der Waals surface area contributed by atoms with Crippen LogP contribution in [0.25, 0.3) is 11.4 Å². The normalized spacial score (nSPS) is 16.0. The highest BCUT2D eigenvalue weighted by Gasteiger charge is 2.29. The SMILES string of the molecule is Cc1ccc(-c2noc(CN3CCN(S(=O)(=O)c4ccc(F)c(Cl)c4)CC3)n2)cc1F. The van der Waals surface area contributed by atoms with Gasteiger partial charge in [-0.2, -0.15) is 9.29 Å². The van der Waals surface area contributed by atoms with Crippen LogP contribution in [0.15, 0.2) is 45.8 Å². The standard InChI is InChI=1S/C20H19ClF2N4O3S/c1-13-2-3-14(10-18(13)23)20-24-19(30-25-20)12-26-6-8-27(9-7-26)31(28,29)15-4-5-17(22)16(21)11-15/h2-5,10-11H,6-9,12H2,1H3. The number of hydrogen-bond donors (Lipinski definition) is 0. The molecule has 0 saturated carbocycles. The van der Waals surface area contributed by atoms with Crippen LogP contribution in [0.2, 0.25) is 5.02 Å². The second-order valence-corrected chi connectivity index (χ2v) is 9.58. The van der Waals surface area contributed by atoms with Gasteiger partial charge in [0.25, 0.3) is 0 Å². The molecule has 7 nitrogen and oxygen atoms in total. The molecule has 0 unspecified atom stereocenters. The predicted octanol–water partition coefficient (Wildman–Crippen LogP) is 3.48. The molecule has 3 aromatic rings. The van der Waals surface area contributed by atoms with Crippen molar-refractivity contribution in [3.8, 4) is 11.4 Å². The lowest BCUT2D eigenvalue weighted by molar-refractivity contribution is 0.163. The summed E-state index contributed by atoms with van der Waals surface area (Å²) in [6.07, 6.45) is 0. The fraction of sp³-hybridized carbons (Fsp3) is 0.300. The Morgan fingerprint density at radius 3 is 2.48 bits per heavy atom. The molecule has 4 rings (SSSR count). The van der Waals surface area contributed by atoms with Crippen molar-refractivity contribution in [1.82, 2.24) is 19.3 Å². The third kappa shape index (κ3) is 4.62. The molecule has 0 amide bonds. The Labute approximate surface area is 183 Å². The van der Waals surface area contributed by atoms with E-state index in [1.54, 1.807) is 19.1 Å². The van der Waals surface area contributed by atoms with Gasteiger partial charge < -0.3 is 4.52 Å². The first-order valence-electron chi connectivity index (χ1n) is 9.51. The van der Waals surface area contributed by atoms with E-state index in [9.17, 15) is 17.2 Å². The van der Waals surface area contributed by atoms with Gasteiger partial charge in [-0.1, -0.05) is 28.9 Å². The van der Waals surface area contributed by atoms with Crippen LogP contribution >= 0.6 is 11.6 Å².